The largest absolute Gasteiger partial charge is 0.432 e. The summed E-state index contributed by atoms with van der Waals surface area (Å²) in [6, 6.07) is 3.46. The number of nitrogens with zero attached hydrogens (tertiary/aromatic N) is 4. The van der Waals surface area contributed by atoms with Crippen molar-refractivity contribution in [3.05, 3.63) is 34.5 Å². The van der Waals surface area contributed by atoms with Crippen LogP contribution in [0.2, 0.25) is 0 Å². The lowest BCUT2D eigenvalue weighted by Gasteiger charge is -2.32. The lowest BCUT2D eigenvalue weighted by Crippen LogP contribution is -2.38. The summed E-state index contributed by atoms with van der Waals surface area (Å²) in [4.78, 5) is 25.2. The normalized spacial score (nSPS) is 18.2. The second kappa shape index (κ2) is 7.99. The third kappa shape index (κ3) is 4.35. The van der Waals surface area contributed by atoms with E-state index in [1.54, 1.807) is 6.07 Å². The summed E-state index contributed by atoms with van der Waals surface area (Å²) in [7, 11) is 0. The minimum absolute atomic E-state index is 0.103. The SMILES string of the molecule is O=c1ncc(-c2cc(N3CCOCC3)cc(N3CCOCC3)n2)c(C(F)(F)F)[nH]1. The molecule has 0 spiro atoms. The summed E-state index contributed by atoms with van der Waals surface area (Å²) in [6.07, 6.45) is -3.82. The number of hydrogen-bond acceptors (Lipinski definition) is 7. The first-order valence-corrected chi connectivity index (χ1v) is 9.26. The van der Waals surface area contributed by atoms with Crippen molar-refractivity contribution in [2.75, 3.05) is 62.4 Å². The number of anilines is 2. The predicted octanol–water partition coefficient (Wildman–Crippen LogP) is 1.52. The Hall–Kier alpha value is -2.66. The number of pyridine rings is 1. The monoisotopic (exact) mass is 411 g/mol. The van der Waals surface area contributed by atoms with Gasteiger partial charge in [-0.25, -0.2) is 14.8 Å². The van der Waals surface area contributed by atoms with Crippen molar-refractivity contribution in [2.45, 2.75) is 6.18 Å². The summed E-state index contributed by atoms with van der Waals surface area (Å²) >= 11 is 0. The van der Waals surface area contributed by atoms with Crippen molar-refractivity contribution in [2.24, 2.45) is 0 Å². The van der Waals surface area contributed by atoms with Crippen LogP contribution in [0.4, 0.5) is 24.7 Å². The highest BCUT2D eigenvalue weighted by Crippen LogP contribution is 2.36. The molecule has 4 heterocycles. The van der Waals surface area contributed by atoms with Crippen LogP contribution >= 0.6 is 0 Å². The number of aromatic nitrogens is 3. The highest BCUT2D eigenvalue weighted by molar-refractivity contribution is 5.70. The highest BCUT2D eigenvalue weighted by Gasteiger charge is 2.36. The summed E-state index contributed by atoms with van der Waals surface area (Å²) in [5, 5.41) is 0. The van der Waals surface area contributed by atoms with E-state index in [4.69, 9.17) is 9.47 Å². The quantitative estimate of drug-likeness (QED) is 0.820. The molecule has 0 bridgehead atoms. The number of hydrogen-bond donors (Lipinski definition) is 1. The minimum Gasteiger partial charge on any atom is -0.378 e. The fourth-order valence-electron chi connectivity index (χ4n) is 3.41. The van der Waals surface area contributed by atoms with E-state index >= 15 is 0 Å². The third-order valence-corrected chi connectivity index (χ3v) is 4.88. The van der Waals surface area contributed by atoms with E-state index in [0.717, 1.165) is 11.9 Å². The van der Waals surface area contributed by atoms with Crippen LogP contribution in [0.1, 0.15) is 5.69 Å². The Labute approximate surface area is 164 Å². The van der Waals surface area contributed by atoms with Crippen LogP contribution in [0.3, 0.4) is 0 Å². The van der Waals surface area contributed by atoms with Gasteiger partial charge in [0, 0.05) is 49.7 Å². The van der Waals surface area contributed by atoms with Crippen LogP contribution in [0.5, 0.6) is 0 Å². The molecule has 8 nitrogen and oxygen atoms in total. The maximum atomic E-state index is 13.5. The zero-order chi connectivity index (χ0) is 20.4. The Balaban J connectivity index is 1.83. The molecule has 2 aliphatic heterocycles. The minimum atomic E-state index is -4.74. The molecule has 0 unspecified atom stereocenters. The molecule has 2 aromatic rings. The van der Waals surface area contributed by atoms with Crippen LogP contribution in [0, 0.1) is 0 Å². The molecule has 2 saturated heterocycles. The molecule has 1 N–H and O–H groups in total. The number of H-pyrrole nitrogens is 1. The van der Waals surface area contributed by atoms with Gasteiger partial charge in [-0.3, -0.25) is 0 Å². The Morgan fingerprint density at radius 2 is 1.59 bits per heavy atom. The van der Waals surface area contributed by atoms with Crippen molar-refractivity contribution in [3.8, 4) is 11.3 Å². The first-order chi connectivity index (χ1) is 13.9. The standard InChI is InChI=1S/C18H20F3N5O3/c19-18(20,21)16-13(11-22-17(27)24-16)14-9-12(25-1-5-28-6-2-25)10-15(23-14)26-3-7-29-8-4-26/h9-11H,1-8H2,(H,22,24,27). The van der Waals surface area contributed by atoms with Gasteiger partial charge in [0.2, 0.25) is 0 Å². The molecule has 0 amide bonds. The topological polar surface area (TPSA) is 83.6 Å². The molecule has 0 aromatic carbocycles. The number of rotatable bonds is 3. The van der Waals surface area contributed by atoms with E-state index in [1.165, 1.54) is 0 Å². The van der Waals surface area contributed by atoms with Crippen molar-refractivity contribution in [1.82, 2.24) is 15.0 Å². The maximum absolute atomic E-state index is 13.5. The Kier molecular flexibility index (Phi) is 5.41. The van der Waals surface area contributed by atoms with Gasteiger partial charge in [0.05, 0.1) is 32.1 Å². The van der Waals surface area contributed by atoms with E-state index in [9.17, 15) is 18.0 Å². The van der Waals surface area contributed by atoms with E-state index in [0.29, 0.717) is 58.4 Å². The van der Waals surface area contributed by atoms with Gasteiger partial charge in [0.25, 0.3) is 0 Å². The Morgan fingerprint density at radius 1 is 0.966 bits per heavy atom. The van der Waals surface area contributed by atoms with Crippen LogP contribution in [0.15, 0.2) is 23.1 Å². The molecule has 11 heteroatoms. The van der Waals surface area contributed by atoms with E-state index < -0.39 is 17.6 Å². The number of morpholine rings is 2. The average Bonchev–Trinajstić information content (AvgIpc) is 2.74. The highest BCUT2D eigenvalue weighted by atomic mass is 19.4. The maximum Gasteiger partial charge on any atom is 0.432 e. The average molecular weight is 411 g/mol. The van der Waals surface area contributed by atoms with Gasteiger partial charge in [-0.05, 0) is 6.07 Å². The molecular weight excluding hydrogens is 391 g/mol. The van der Waals surface area contributed by atoms with Gasteiger partial charge >= 0.3 is 11.9 Å². The zero-order valence-corrected chi connectivity index (χ0v) is 15.5. The fraction of sp³-hybridized carbons (Fsp3) is 0.500. The van der Waals surface area contributed by atoms with Gasteiger partial charge < -0.3 is 24.3 Å². The summed E-state index contributed by atoms with van der Waals surface area (Å²) in [6.45, 7) is 4.56. The van der Waals surface area contributed by atoms with E-state index in [-0.39, 0.29) is 11.3 Å². The second-order valence-corrected chi connectivity index (χ2v) is 6.74. The zero-order valence-electron chi connectivity index (χ0n) is 15.5. The van der Waals surface area contributed by atoms with Gasteiger partial charge in [-0.2, -0.15) is 13.2 Å². The first kappa shape index (κ1) is 19.6. The van der Waals surface area contributed by atoms with E-state index in [1.807, 2.05) is 20.9 Å². The lowest BCUT2D eigenvalue weighted by atomic mass is 10.1. The number of ether oxygens (including phenoxy) is 2. The molecule has 156 valence electrons. The summed E-state index contributed by atoms with van der Waals surface area (Å²) in [5.41, 5.74) is -1.62. The lowest BCUT2D eigenvalue weighted by molar-refractivity contribution is -0.140. The third-order valence-electron chi connectivity index (χ3n) is 4.88. The number of halogens is 3. The van der Waals surface area contributed by atoms with Gasteiger partial charge in [-0.1, -0.05) is 0 Å². The molecule has 0 saturated carbocycles. The van der Waals surface area contributed by atoms with Gasteiger partial charge in [0.1, 0.15) is 11.5 Å². The molecule has 0 atom stereocenters. The van der Waals surface area contributed by atoms with Crippen LogP contribution in [-0.4, -0.2) is 67.6 Å². The number of alkyl halides is 3. The van der Waals surface area contributed by atoms with Gasteiger partial charge in [-0.15, -0.1) is 0 Å². The van der Waals surface area contributed by atoms with Crippen molar-refractivity contribution in [1.29, 1.82) is 0 Å². The number of aromatic amines is 1. The molecule has 2 aliphatic rings. The summed E-state index contributed by atoms with van der Waals surface area (Å²) in [5.74, 6) is 0.562. The Bertz CT molecular complexity index is 885. The van der Waals surface area contributed by atoms with Crippen LogP contribution in [-0.2, 0) is 15.7 Å². The van der Waals surface area contributed by atoms with Crippen LogP contribution < -0.4 is 15.5 Å². The second-order valence-electron chi connectivity index (χ2n) is 6.74. The first-order valence-electron chi connectivity index (χ1n) is 9.26. The molecule has 2 fully saturated rings. The molecule has 0 radical (unpaired) electrons. The van der Waals surface area contributed by atoms with Crippen molar-refractivity contribution in [3.63, 3.8) is 0 Å². The fourth-order valence-corrected chi connectivity index (χ4v) is 3.41. The molecule has 2 aromatic heterocycles. The smallest absolute Gasteiger partial charge is 0.378 e. The van der Waals surface area contributed by atoms with Crippen LogP contribution in [0.25, 0.3) is 11.3 Å². The summed E-state index contributed by atoms with van der Waals surface area (Å²) < 4.78 is 51.4. The predicted molar refractivity (Wildman–Crippen MR) is 99.2 cm³/mol. The molecule has 4 rings (SSSR count). The van der Waals surface area contributed by atoms with E-state index in [2.05, 4.69) is 9.97 Å². The van der Waals surface area contributed by atoms with Gasteiger partial charge in [0.15, 0.2) is 0 Å². The molecule has 29 heavy (non-hydrogen) atoms. The number of nitrogens with one attached hydrogen (secondary N) is 1. The Morgan fingerprint density at radius 3 is 2.21 bits per heavy atom. The molecule has 0 aliphatic carbocycles. The molecular formula is C18H20F3N5O3. The van der Waals surface area contributed by atoms with Crippen molar-refractivity contribution < 1.29 is 22.6 Å². The van der Waals surface area contributed by atoms with Crippen molar-refractivity contribution >= 4 is 11.5 Å².